The Morgan fingerprint density at radius 3 is 1.60 bits per heavy atom. The predicted octanol–water partition coefficient (Wildman–Crippen LogP) is 8.77. The van der Waals surface area contributed by atoms with Crippen LogP contribution in [-0.2, 0) is 10.1 Å². The summed E-state index contributed by atoms with van der Waals surface area (Å²) in [5, 5.41) is 0. The average Bonchev–Trinajstić information content (AvgIpc) is 2.69. The normalized spacial score (nSPS) is 19.6. The van der Waals surface area contributed by atoms with E-state index in [1.807, 2.05) is 6.08 Å². The summed E-state index contributed by atoms with van der Waals surface area (Å²) in [5.41, 5.74) is 0.516. The molecule has 0 aromatic rings. The molecule has 0 radical (unpaired) electrons. The highest BCUT2D eigenvalue weighted by Gasteiger charge is 2.31. The van der Waals surface area contributed by atoms with E-state index in [0.717, 1.165) is 12.8 Å². The lowest BCUT2D eigenvalue weighted by atomic mass is 9.78. The van der Waals surface area contributed by atoms with Crippen molar-refractivity contribution in [3.05, 3.63) is 22.6 Å². The number of unbranched alkanes of at least 4 members (excludes halogenated alkanes) is 15. The van der Waals surface area contributed by atoms with E-state index in [1.54, 1.807) is 6.92 Å². The molecule has 176 valence electrons. The van der Waals surface area contributed by atoms with E-state index in [2.05, 4.69) is 19.9 Å². The molecule has 0 aromatic heterocycles. The quantitative estimate of drug-likeness (QED) is 0.171. The topological polar surface area (TPSA) is 54.4 Å². The maximum atomic E-state index is 11.6. The Bertz CT molecular complexity index is 618. The van der Waals surface area contributed by atoms with Crippen LogP contribution in [0.3, 0.4) is 0 Å². The van der Waals surface area contributed by atoms with Gasteiger partial charge in [0, 0.05) is 0 Å². The van der Waals surface area contributed by atoms with Crippen molar-refractivity contribution in [1.82, 2.24) is 0 Å². The Morgan fingerprint density at radius 1 is 0.800 bits per heavy atom. The van der Waals surface area contributed by atoms with Crippen LogP contribution in [0.4, 0.5) is 0 Å². The minimum absolute atomic E-state index is 0.152. The van der Waals surface area contributed by atoms with Crippen molar-refractivity contribution in [1.29, 1.82) is 0 Å². The molecular formula is C26H48O3S. The monoisotopic (exact) mass is 440 g/mol. The molecule has 0 aliphatic heterocycles. The summed E-state index contributed by atoms with van der Waals surface area (Å²) < 4.78 is 32.6. The minimum Gasteiger partial charge on any atom is -0.282 e. The molecule has 1 atom stereocenters. The first kappa shape index (κ1) is 27.4. The van der Waals surface area contributed by atoms with E-state index in [4.69, 9.17) is 0 Å². The number of hydrogen-bond donors (Lipinski definition) is 1. The predicted molar refractivity (Wildman–Crippen MR) is 130 cm³/mol. The van der Waals surface area contributed by atoms with Crippen LogP contribution in [0.2, 0.25) is 0 Å². The van der Waals surface area contributed by atoms with Crippen molar-refractivity contribution in [2.75, 3.05) is 0 Å². The Morgan fingerprint density at radius 2 is 1.20 bits per heavy atom. The Kier molecular flexibility index (Phi) is 13.9. The zero-order valence-corrected chi connectivity index (χ0v) is 20.9. The second-order valence-corrected chi connectivity index (χ2v) is 11.2. The molecule has 0 fully saturated rings. The molecule has 0 bridgehead atoms. The Hall–Kier alpha value is -0.610. The van der Waals surface area contributed by atoms with Gasteiger partial charge >= 0.3 is 0 Å². The molecular weight excluding hydrogens is 392 g/mol. The average molecular weight is 441 g/mol. The van der Waals surface area contributed by atoms with Crippen LogP contribution in [0.25, 0.3) is 0 Å². The van der Waals surface area contributed by atoms with E-state index in [1.165, 1.54) is 96.3 Å². The molecule has 30 heavy (non-hydrogen) atoms. The van der Waals surface area contributed by atoms with Crippen LogP contribution in [0, 0.1) is 5.41 Å². The fraction of sp³-hybridized carbons (Fsp3) is 0.846. The third-order valence-corrected chi connectivity index (χ3v) is 7.74. The SMILES string of the molecule is CCCCCCCCCCCCCCCCCCC1(C)C=CC(C)=C(S(=O)(=O)O)C1. The van der Waals surface area contributed by atoms with Gasteiger partial charge in [-0.3, -0.25) is 4.55 Å². The fourth-order valence-corrected chi connectivity index (χ4v) is 5.51. The van der Waals surface area contributed by atoms with Crippen LogP contribution in [0.5, 0.6) is 0 Å². The van der Waals surface area contributed by atoms with Crippen molar-refractivity contribution in [3.63, 3.8) is 0 Å². The zero-order chi connectivity index (χ0) is 22.3. The standard InChI is InChI=1S/C26H48O3S/c1-4-5-6-7-8-9-10-11-12-13-14-15-16-17-18-19-21-26(3)22-20-24(2)25(23-26)30(27,28)29/h20,22H,4-19,21,23H2,1-3H3,(H,27,28,29). The van der Waals surface area contributed by atoms with Crippen LogP contribution in [-0.4, -0.2) is 13.0 Å². The first-order chi connectivity index (χ1) is 14.3. The molecule has 1 aliphatic carbocycles. The molecule has 0 saturated carbocycles. The van der Waals surface area contributed by atoms with Gasteiger partial charge in [0.25, 0.3) is 10.1 Å². The lowest BCUT2D eigenvalue weighted by Crippen LogP contribution is -2.21. The van der Waals surface area contributed by atoms with Gasteiger partial charge in [-0.15, -0.1) is 0 Å². The summed E-state index contributed by atoms with van der Waals surface area (Å²) in [6.07, 6.45) is 27.1. The van der Waals surface area contributed by atoms with Gasteiger partial charge in [0.2, 0.25) is 0 Å². The molecule has 0 aromatic carbocycles. The summed E-state index contributed by atoms with van der Waals surface area (Å²) in [4.78, 5) is 0.198. The molecule has 1 rings (SSSR count). The highest BCUT2D eigenvalue weighted by Crippen LogP contribution is 2.40. The van der Waals surface area contributed by atoms with Crippen LogP contribution in [0.15, 0.2) is 22.6 Å². The number of allylic oxidation sites excluding steroid dienone is 4. The van der Waals surface area contributed by atoms with Gasteiger partial charge in [-0.05, 0) is 30.8 Å². The minimum atomic E-state index is -4.08. The van der Waals surface area contributed by atoms with Crippen LogP contribution >= 0.6 is 0 Å². The highest BCUT2D eigenvalue weighted by molar-refractivity contribution is 7.89. The lowest BCUT2D eigenvalue weighted by molar-refractivity contribution is 0.362. The van der Waals surface area contributed by atoms with Gasteiger partial charge < -0.3 is 0 Å². The molecule has 1 N–H and O–H groups in total. The van der Waals surface area contributed by atoms with Gasteiger partial charge in [0.05, 0.1) is 4.91 Å². The lowest BCUT2D eigenvalue weighted by Gasteiger charge is -2.30. The van der Waals surface area contributed by atoms with Crippen molar-refractivity contribution in [2.24, 2.45) is 5.41 Å². The molecule has 4 heteroatoms. The molecule has 0 amide bonds. The van der Waals surface area contributed by atoms with E-state index < -0.39 is 10.1 Å². The van der Waals surface area contributed by atoms with Crippen LogP contribution < -0.4 is 0 Å². The molecule has 3 nitrogen and oxygen atoms in total. The largest absolute Gasteiger partial charge is 0.290 e. The van der Waals surface area contributed by atoms with Crippen molar-refractivity contribution < 1.29 is 13.0 Å². The molecule has 0 heterocycles. The Balaban J connectivity index is 1.96. The van der Waals surface area contributed by atoms with E-state index in [9.17, 15) is 13.0 Å². The van der Waals surface area contributed by atoms with Gasteiger partial charge in [0.1, 0.15) is 0 Å². The summed E-state index contributed by atoms with van der Waals surface area (Å²) in [6, 6.07) is 0. The van der Waals surface area contributed by atoms with E-state index in [-0.39, 0.29) is 10.3 Å². The third kappa shape index (κ3) is 12.3. The molecule has 0 saturated heterocycles. The van der Waals surface area contributed by atoms with Crippen LogP contribution in [0.1, 0.15) is 136 Å². The van der Waals surface area contributed by atoms with Gasteiger partial charge in [0.15, 0.2) is 0 Å². The Labute approximate surface area is 187 Å². The van der Waals surface area contributed by atoms with Gasteiger partial charge in [-0.25, -0.2) is 0 Å². The summed E-state index contributed by atoms with van der Waals surface area (Å²) in [6.45, 7) is 6.14. The van der Waals surface area contributed by atoms with Crippen molar-refractivity contribution >= 4 is 10.1 Å². The first-order valence-electron chi connectivity index (χ1n) is 12.6. The van der Waals surface area contributed by atoms with Crippen molar-refractivity contribution in [3.8, 4) is 0 Å². The van der Waals surface area contributed by atoms with E-state index >= 15 is 0 Å². The smallest absolute Gasteiger partial charge is 0.282 e. The number of hydrogen-bond acceptors (Lipinski definition) is 2. The van der Waals surface area contributed by atoms with Gasteiger partial charge in [-0.1, -0.05) is 129 Å². The molecule has 1 aliphatic rings. The maximum Gasteiger partial charge on any atom is 0.290 e. The summed E-state index contributed by atoms with van der Waals surface area (Å²) in [7, 11) is -4.08. The summed E-state index contributed by atoms with van der Waals surface area (Å²) >= 11 is 0. The maximum absolute atomic E-state index is 11.6. The third-order valence-electron chi connectivity index (χ3n) is 6.65. The van der Waals surface area contributed by atoms with E-state index in [0.29, 0.717) is 12.0 Å². The zero-order valence-electron chi connectivity index (χ0n) is 20.1. The second kappa shape index (κ2) is 15.2. The summed E-state index contributed by atoms with van der Waals surface area (Å²) in [5.74, 6) is 0. The fourth-order valence-electron chi connectivity index (χ4n) is 4.53. The number of rotatable bonds is 18. The second-order valence-electron chi connectivity index (χ2n) is 9.80. The first-order valence-corrected chi connectivity index (χ1v) is 14.1. The highest BCUT2D eigenvalue weighted by atomic mass is 32.2. The van der Waals surface area contributed by atoms with Gasteiger partial charge in [-0.2, -0.15) is 8.42 Å². The van der Waals surface area contributed by atoms with Crippen molar-refractivity contribution in [2.45, 2.75) is 136 Å². The molecule has 0 spiro atoms. The molecule has 1 unspecified atom stereocenters.